The lowest BCUT2D eigenvalue weighted by Gasteiger charge is -2.08. The van der Waals surface area contributed by atoms with Crippen LogP contribution in [0.15, 0.2) is 46.9 Å². The van der Waals surface area contributed by atoms with Gasteiger partial charge < -0.3 is 14.8 Å². The first-order valence-corrected chi connectivity index (χ1v) is 7.39. The largest absolute Gasteiger partial charge is 0.497 e. The molecule has 0 atom stereocenters. The van der Waals surface area contributed by atoms with Crippen molar-refractivity contribution in [3.63, 3.8) is 0 Å². The van der Waals surface area contributed by atoms with Crippen LogP contribution in [-0.4, -0.2) is 26.2 Å². The molecule has 0 aliphatic carbocycles. The molecule has 22 heavy (non-hydrogen) atoms. The molecular formula is C16H15BrFNO3. The Bertz CT molecular complexity index is 646. The number of hydrogen-bond acceptors (Lipinski definition) is 3. The molecule has 2 rings (SSSR count). The Morgan fingerprint density at radius 1 is 1.18 bits per heavy atom. The average molecular weight is 368 g/mol. The number of hydrogen-bond donors (Lipinski definition) is 1. The molecule has 0 unspecified atom stereocenters. The van der Waals surface area contributed by atoms with Gasteiger partial charge in [-0.2, -0.15) is 0 Å². The number of amides is 1. The topological polar surface area (TPSA) is 47.6 Å². The van der Waals surface area contributed by atoms with Gasteiger partial charge in [-0.15, -0.1) is 0 Å². The first-order valence-electron chi connectivity index (χ1n) is 6.60. The number of methoxy groups -OCH3 is 1. The van der Waals surface area contributed by atoms with Crippen LogP contribution in [0.5, 0.6) is 11.5 Å². The van der Waals surface area contributed by atoms with E-state index < -0.39 is 5.82 Å². The maximum absolute atomic E-state index is 13.3. The van der Waals surface area contributed by atoms with Crippen molar-refractivity contribution in [2.45, 2.75) is 0 Å². The quantitative estimate of drug-likeness (QED) is 0.795. The summed E-state index contributed by atoms with van der Waals surface area (Å²) in [7, 11) is 1.59. The first-order chi connectivity index (χ1) is 10.6. The van der Waals surface area contributed by atoms with Crippen LogP contribution in [0.2, 0.25) is 0 Å². The minimum atomic E-state index is -0.470. The Hall–Kier alpha value is -2.08. The smallest absolute Gasteiger partial charge is 0.251 e. The third-order valence-corrected chi connectivity index (χ3v) is 3.54. The summed E-state index contributed by atoms with van der Waals surface area (Å²) in [6.45, 7) is 0.639. The normalized spacial score (nSPS) is 10.1. The van der Waals surface area contributed by atoms with Crippen LogP contribution in [0.1, 0.15) is 10.4 Å². The summed E-state index contributed by atoms with van der Waals surface area (Å²) >= 11 is 3.04. The number of nitrogens with one attached hydrogen (secondary N) is 1. The molecule has 0 fully saturated rings. The summed E-state index contributed by atoms with van der Waals surface area (Å²) in [6.07, 6.45) is 0. The molecule has 116 valence electrons. The van der Waals surface area contributed by atoms with Gasteiger partial charge in [-0.25, -0.2) is 4.39 Å². The maximum atomic E-state index is 13.3. The van der Waals surface area contributed by atoms with E-state index in [1.807, 2.05) is 0 Å². The highest BCUT2D eigenvalue weighted by Crippen LogP contribution is 2.17. The molecule has 2 aromatic rings. The van der Waals surface area contributed by atoms with E-state index in [1.165, 1.54) is 12.1 Å². The van der Waals surface area contributed by atoms with Gasteiger partial charge in [0.05, 0.1) is 18.1 Å². The van der Waals surface area contributed by atoms with Gasteiger partial charge >= 0.3 is 0 Å². The van der Waals surface area contributed by atoms with Crippen LogP contribution in [-0.2, 0) is 0 Å². The summed E-state index contributed by atoms with van der Waals surface area (Å²) in [4.78, 5) is 11.8. The lowest BCUT2D eigenvalue weighted by Crippen LogP contribution is -2.28. The predicted molar refractivity (Wildman–Crippen MR) is 84.9 cm³/mol. The molecule has 0 aromatic heterocycles. The number of carbonyl (C=O) groups is 1. The highest BCUT2D eigenvalue weighted by molar-refractivity contribution is 9.10. The molecule has 0 bridgehead atoms. The number of benzene rings is 2. The number of rotatable bonds is 6. The van der Waals surface area contributed by atoms with E-state index in [1.54, 1.807) is 37.4 Å². The fourth-order valence-corrected chi connectivity index (χ4v) is 1.99. The third kappa shape index (κ3) is 4.46. The summed E-state index contributed by atoms with van der Waals surface area (Å²) in [5.41, 5.74) is 0.269. The van der Waals surface area contributed by atoms with Crippen molar-refractivity contribution in [1.29, 1.82) is 0 Å². The van der Waals surface area contributed by atoms with Gasteiger partial charge in [-0.05, 0) is 58.4 Å². The van der Waals surface area contributed by atoms with E-state index in [-0.39, 0.29) is 11.5 Å². The van der Waals surface area contributed by atoms with E-state index in [9.17, 15) is 9.18 Å². The van der Waals surface area contributed by atoms with E-state index in [0.717, 1.165) is 5.75 Å². The second kappa shape index (κ2) is 7.79. The Kier molecular flexibility index (Phi) is 5.77. The fourth-order valence-electron chi connectivity index (χ4n) is 1.74. The predicted octanol–water partition coefficient (Wildman–Crippen LogP) is 3.41. The van der Waals surface area contributed by atoms with Crippen LogP contribution in [0, 0.1) is 5.82 Å². The lowest BCUT2D eigenvalue weighted by molar-refractivity contribution is 0.0946. The Labute approximate surface area is 136 Å². The van der Waals surface area contributed by atoms with E-state index in [4.69, 9.17) is 9.47 Å². The van der Waals surface area contributed by atoms with Crippen molar-refractivity contribution >= 4 is 21.8 Å². The Morgan fingerprint density at radius 2 is 1.86 bits per heavy atom. The zero-order valence-corrected chi connectivity index (χ0v) is 13.5. The highest BCUT2D eigenvalue weighted by Gasteiger charge is 2.08. The molecule has 0 saturated heterocycles. The zero-order chi connectivity index (χ0) is 15.9. The number of ether oxygens (including phenoxy) is 2. The first kappa shape index (κ1) is 16.3. The SMILES string of the molecule is COc1ccc(OCCNC(=O)c2ccc(Br)c(F)c2)cc1. The van der Waals surface area contributed by atoms with Gasteiger partial charge in [0.15, 0.2) is 0 Å². The summed E-state index contributed by atoms with van der Waals surface area (Å²) in [6, 6.07) is 11.4. The monoisotopic (exact) mass is 367 g/mol. The maximum Gasteiger partial charge on any atom is 0.251 e. The highest BCUT2D eigenvalue weighted by atomic mass is 79.9. The zero-order valence-electron chi connectivity index (χ0n) is 11.9. The second-order valence-electron chi connectivity index (χ2n) is 4.41. The van der Waals surface area contributed by atoms with Crippen LogP contribution < -0.4 is 14.8 Å². The van der Waals surface area contributed by atoms with Crippen LogP contribution in [0.3, 0.4) is 0 Å². The van der Waals surface area contributed by atoms with Gasteiger partial charge in [0.1, 0.15) is 23.9 Å². The fraction of sp³-hybridized carbons (Fsp3) is 0.188. The number of carbonyl (C=O) groups excluding carboxylic acids is 1. The van der Waals surface area contributed by atoms with Gasteiger partial charge in [-0.1, -0.05) is 0 Å². The van der Waals surface area contributed by atoms with E-state index >= 15 is 0 Å². The Morgan fingerprint density at radius 3 is 2.50 bits per heavy atom. The van der Waals surface area contributed by atoms with Crippen molar-refractivity contribution in [2.75, 3.05) is 20.3 Å². The third-order valence-electron chi connectivity index (χ3n) is 2.90. The van der Waals surface area contributed by atoms with E-state index in [2.05, 4.69) is 21.2 Å². The van der Waals surface area contributed by atoms with Crippen molar-refractivity contribution in [1.82, 2.24) is 5.32 Å². The molecule has 2 aromatic carbocycles. The summed E-state index contributed by atoms with van der Waals surface area (Å²) < 4.78 is 24.2. The van der Waals surface area contributed by atoms with Crippen LogP contribution >= 0.6 is 15.9 Å². The molecule has 6 heteroatoms. The van der Waals surface area contributed by atoms with Crippen LogP contribution in [0.25, 0.3) is 0 Å². The summed E-state index contributed by atoms with van der Waals surface area (Å²) in [5.74, 6) is 0.620. The van der Waals surface area contributed by atoms with Crippen molar-refractivity contribution in [2.24, 2.45) is 0 Å². The molecule has 0 heterocycles. The standard InChI is InChI=1S/C16H15BrFNO3/c1-21-12-3-5-13(6-4-12)22-9-8-19-16(20)11-2-7-14(17)15(18)10-11/h2-7,10H,8-9H2,1H3,(H,19,20). The average Bonchev–Trinajstić information content (AvgIpc) is 2.54. The number of halogens is 2. The van der Waals surface area contributed by atoms with Gasteiger partial charge in [-0.3, -0.25) is 4.79 Å². The van der Waals surface area contributed by atoms with E-state index in [0.29, 0.717) is 23.4 Å². The van der Waals surface area contributed by atoms with Gasteiger partial charge in [0.25, 0.3) is 5.91 Å². The molecule has 0 aliphatic heterocycles. The van der Waals surface area contributed by atoms with Crippen molar-refractivity contribution in [3.05, 3.63) is 58.3 Å². The molecular weight excluding hydrogens is 353 g/mol. The van der Waals surface area contributed by atoms with Crippen molar-refractivity contribution < 1.29 is 18.7 Å². The minimum Gasteiger partial charge on any atom is -0.497 e. The lowest BCUT2D eigenvalue weighted by atomic mass is 10.2. The molecule has 4 nitrogen and oxygen atoms in total. The molecule has 0 spiro atoms. The minimum absolute atomic E-state index is 0.269. The molecule has 0 aliphatic rings. The van der Waals surface area contributed by atoms with Gasteiger partial charge in [0.2, 0.25) is 0 Å². The Balaban J connectivity index is 1.77. The van der Waals surface area contributed by atoms with Crippen LogP contribution in [0.4, 0.5) is 4.39 Å². The summed E-state index contributed by atoms with van der Waals surface area (Å²) in [5, 5.41) is 2.67. The molecule has 1 amide bonds. The molecule has 1 N–H and O–H groups in total. The van der Waals surface area contributed by atoms with Gasteiger partial charge in [0, 0.05) is 5.56 Å². The second-order valence-corrected chi connectivity index (χ2v) is 5.26. The van der Waals surface area contributed by atoms with Crippen molar-refractivity contribution in [3.8, 4) is 11.5 Å². The molecule has 0 radical (unpaired) electrons. The molecule has 0 saturated carbocycles.